The number of nitrogens with zero attached hydrogens (tertiary/aromatic N) is 4. The summed E-state index contributed by atoms with van der Waals surface area (Å²) in [6.45, 7) is 0. The summed E-state index contributed by atoms with van der Waals surface area (Å²) < 4.78 is 15.5. The van der Waals surface area contributed by atoms with Gasteiger partial charge in [0.05, 0.1) is 16.9 Å². The van der Waals surface area contributed by atoms with Crippen molar-refractivity contribution in [2.45, 2.75) is 0 Å². The van der Waals surface area contributed by atoms with E-state index in [9.17, 15) is 9.18 Å². The average molecular weight is 362 g/mol. The number of tetrazole rings is 1. The van der Waals surface area contributed by atoms with Gasteiger partial charge in [0.2, 0.25) is 0 Å². The number of para-hydroxylation sites is 1. The molecule has 22 heavy (non-hydrogen) atoms. The summed E-state index contributed by atoms with van der Waals surface area (Å²) in [6.07, 6.45) is 1.30. The molecule has 6 nitrogen and oxygen atoms in total. The summed E-state index contributed by atoms with van der Waals surface area (Å²) in [5.41, 5.74) is 1.12. The quantitative estimate of drug-likeness (QED) is 0.778. The second-order valence-electron chi connectivity index (χ2n) is 4.35. The Morgan fingerprint density at radius 3 is 2.77 bits per heavy atom. The summed E-state index contributed by atoms with van der Waals surface area (Å²) in [5.74, 6) is -0.875. The molecule has 0 saturated heterocycles. The van der Waals surface area contributed by atoms with Crippen LogP contribution < -0.4 is 5.32 Å². The fourth-order valence-corrected chi connectivity index (χ4v) is 2.29. The molecule has 1 aromatic heterocycles. The van der Waals surface area contributed by atoms with Crippen LogP contribution in [0.25, 0.3) is 5.69 Å². The van der Waals surface area contributed by atoms with E-state index in [0.29, 0.717) is 5.69 Å². The third-order valence-electron chi connectivity index (χ3n) is 2.92. The number of aromatic nitrogens is 4. The molecule has 3 rings (SSSR count). The number of benzene rings is 2. The molecule has 0 fully saturated rings. The van der Waals surface area contributed by atoms with Crippen LogP contribution in [0.5, 0.6) is 0 Å². The molecule has 1 N–H and O–H groups in total. The standard InChI is InChI=1S/C14H9BrFN5O/c15-11-3-1-2-4-12(11)18-14(22)10-6-5-9(16)7-13(10)21-8-17-19-20-21/h1-8H,(H,18,22). The molecule has 110 valence electrons. The second-order valence-corrected chi connectivity index (χ2v) is 5.20. The van der Waals surface area contributed by atoms with Gasteiger partial charge in [0.1, 0.15) is 12.1 Å². The van der Waals surface area contributed by atoms with E-state index in [4.69, 9.17) is 0 Å². The Hall–Kier alpha value is -2.61. The maximum Gasteiger partial charge on any atom is 0.257 e. The number of hydrogen-bond donors (Lipinski definition) is 1. The van der Waals surface area contributed by atoms with Crippen LogP contribution in [-0.4, -0.2) is 26.1 Å². The lowest BCUT2D eigenvalue weighted by Crippen LogP contribution is -2.16. The molecule has 3 aromatic rings. The van der Waals surface area contributed by atoms with Gasteiger partial charge < -0.3 is 5.32 Å². The third kappa shape index (κ3) is 2.86. The summed E-state index contributed by atoms with van der Waals surface area (Å²) >= 11 is 3.35. The molecule has 1 amide bonds. The Bertz CT molecular complexity index is 822. The predicted molar refractivity (Wildman–Crippen MR) is 81.2 cm³/mol. The highest BCUT2D eigenvalue weighted by Crippen LogP contribution is 2.23. The number of nitrogens with one attached hydrogen (secondary N) is 1. The van der Waals surface area contributed by atoms with Gasteiger partial charge in [-0.3, -0.25) is 4.79 Å². The fourth-order valence-electron chi connectivity index (χ4n) is 1.91. The number of rotatable bonds is 3. The molecule has 2 aromatic carbocycles. The fraction of sp³-hybridized carbons (Fsp3) is 0. The highest BCUT2D eigenvalue weighted by Gasteiger charge is 2.15. The first-order valence-corrected chi connectivity index (χ1v) is 7.03. The Kier molecular flexibility index (Phi) is 3.92. The maximum absolute atomic E-state index is 13.5. The number of carbonyl (C=O) groups is 1. The molecule has 0 aliphatic carbocycles. The topological polar surface area (TPSA) is 72.7 Å². The lowest BCUT2D eigenvalue weighted by atomic mass is 10.1. The van der Waals surface area contributed by atoms with Crippen molar-refractivity contribution in [3.63, 3.8) is 0 Å². The minimum Gasteiger partial charge on any atom is -0.321 e. The van der Waals surface area contributed by atoms with Gasteiger partial charge in [-0.1, -0.05) is 12.1 Å². The summed E-state index contributed by atoms with van der Waals surface area (Å²) in [5, 5.41) is 13.4. The van der Waals surface area contributed by atoms with E-state index in [1.165, 1.54) is 29.2 Å². The van der Waals surface area contributed by atoms with Crippen molar-refractivity contribution in [2.24, 2.45) is 0 Å². The van der Waals surface area contributed by atoms with Gasteiger partial charge in [0.25, 0.3) is 5.91 Å². The van der Waals surface area contributed by atoms with E-state index in [0.717, 1.165) is 4.47 Å². The van der Waals surface area contributed by atoms with Crippen LogP contribution in [-0.2, 0) is 0 Å². The molecule has 0 spiro atoms. The van der Waals surface area contributed by atoms with Gasteiger partial charge >= 0.3 is 0 Å². The second kappa shape index (κ2) is 6.02. The highest BCUT2D eigenvalue weighted by atomic mass is 79.9. The van der Waals surface area contributed by atoms with E-state index in [1.807, 2.05) is 12.1 Å². The largest absolute Gasteiger partial charge is 0.321 e. The molecule has 0 aliphatic rings. The zero-order chi connectivity index (χ0) is 15.5. The van der Waals surface area contributed by atoms with E-state index in [-0.39, 0.29) is 11.3 Å². The third-order valence-corrected chi connectivity index (χ3v) is 3.61. The zero-order valence-corrected chi connectivity index (χ0v) is 12.7. The van der Waals surface area contributed by atoms with E-state index >= 15 is 0 Å². The molecular formula is C14H9BrFN5O. The minimum atomic E-state index is -0.483. The summed E-state index contributed by atoms with van der Waals surface area (Å²) in [7, 11) is 0. The Balaban J connectivity index is 1.98. The molecule has 0 aliphatic heterocycles. The summed E-state index contributed by atoms with van der Waals surface area (Å²) in [4.78, 5) is 12.5. The Labute approximate surface area is 133 Å². The van der Waals surface area contributed by atoms with E-state index in [2.05, 4.69) is 36.8 Å². The number of amides is 1. The van der Waals surface area contributed by atoms with Crippen molar-refractivity contribution >= 4 is 27.5 Å². The molecule has 8 heteroatoms. The minimum absolute atomic E-state index is 0.254. The van der Waals surface area contributed by atoms with Crippen LogP contribution in [0.2, 0.25) is 0 Å². The van der Waals surface area contributed by atoms with Crippen LogP contribution in [0.1, 0.15) is 10.4 Å². The normalized spacial score (nSPS) is 10.5. The molecule has 1 heterocycles. The van der Waals surface area contributed by atoms with Gasteiger partial charge in [-0.2, -0.15) is 4.68 Å². The SMILES string of the molecule is O=C(Nc1ccccc1Br)c1ccc(F)cc1-n1cnnn1. The Morgan fingerprint density at radius 2 is 2.05 bits per heavy atom. The monoisotopic (exact) mass is 361 g/mol. The van der Waals surface area contributed by atoms with Gasteiger partial charge in [0.15, 0.2) is 0 Å². The predicted octanol–water partition coefficient (Wildman–Crippen LogP) is 2.82. The molecule has 0 unspecified atom stereocenters. The first-order chi connectivity index (χ1) is 10.6. The molecular weight excluding hydrogens is 353 g/mol. The van der Waals surface area contributed by atoms with Gasteiger partial charge in [-0.25, -0.2) is 4.39 Å². The van der Waals surface area contributed by atoms with Gasteiger partial charge in [0, 0.05) is 10.5 Å². The maximum atomic E-state index is 13.5. The molecule has 0 radical (unpaired) electrons. The average Bonchev–Trinajstić information content (AvgIpc) is 3.03. The Morgan fingerprint density at radius 1 is 1.23 bits per heavy atom. The molecule has 0 atom stereocenters. The number of hydrogen-bond acceptors (Lipinski definition) is 4. The summed E-state index contributed by atoms with van der Waals surface area (Å²) in [6, 6.07) is 11.0. The zero-order valence-electron chi connectivity index (χ0n) is 11.1. The van der Waals surface area contributed by atoms with Crippen molar-refractivity contribution < 1.29 is 9.18 Å². The lowest BCUT2D eigenvalue weighted by molar-refractivity contribution is 0.102. The van der Waals surface area contributed by atoms with Crippen LogP contribution in [0.15, 0.2) is 53.3 Å². The van der Waals surface area contributed by atoms with Crippen molar-refractivity contribution in [3.8, 4) is 5.69 Å². The van der Waals surface area contributed by atoms with E-state index < -0.39 is 11.7 Å². The molecule has 0 bridgehead atoms. The first kappa shape index (κ1) is 14.3. The van der Waals surface area contributed by atoms with Crippen molar-refractivity contribution in [3.05, 3.63) is 64.6 Å². The highest BCUT2D eigenvalue weighted by molar-refractivity contribution is 9.10. The lowest BCUT2D eigenvalue weighted by Gasteiger charge is -2.10. The van der Waals surface area contributed by atoms with Crippen LogP contribution in [0.3, 0.4) is 0 Å². The smallest absolute Gasteiger partial charge is 0.257 e. The van der Waals surface area contributed by atoms with Crippen molar-refractivity contribution in [1.29, 1.82) is 0 Å². The number of carbonyl (C=O) groups excluding carboxylic acids is 1. The van der Waals surface area contributed by atoms with Crippen LogP contribution in [0.4, 0.5) is 10.1 Å². The van der Waals surface area contributed by atoms with E-state index in [1.54, 1.807) is 12.1 Å². The van der Waals surface area contributed by atoms with Crippen molar-refractivity contribution in [2.75, 3.05) is 5.32 Å². The number of anilines is 1. The van der Waals surface area contributed by atoms with Gasteiger partial charge in [-0.15, -0.1) is 5.10 Å². The van der Waals surface area contributed by atoms with Crippen LogP contribution in [0, 0.1) is 5.82 Å². The first-order valence-electron chi connectivity index (χ1n) is 6.24. The molecule has 0 saturated carbocycles. The van der Waals surface area contributed by atoms with Crippen molar-refractivity contribution in [1.82, 2.24) is 20.2 Å². The van der Waals surface area contributed by atoms with Gasteiger partial charge in [-0.05, 0) is 50.6 Å². The van der Waals surface area contributed by atoms with Crippen LogP contribution >= 0.6 is 15.9 Å². The number of halogens is 2.